The molecule has 0 saturated carbocycles. The molecule has 1 amide bonds. The highest BCUT2D eigenvalue weighted by atomic mass is 16.5. The lowest BCUT2D eigenvalue weighted by Gasteiger charge is -2.20. The summed E-state index contributed by atoms with van der Waals surface area (Å²) in [6.07, 6.45) is 0.510. The largest absolute Gasteiger partial charge is 0.496 e. The number of carbonyl (C=O) groups excluding carboxylic acids is 1. The van der Waals surface area contributed by atoms with Gasteiger partial charge in [0.1, 0.15) is 5.75 Å². The smallest absolute Gasteiger partial charge is 0.220 e. The molecule has 1 rings (SSSR count). The topological polar surface area (TPSA) is 38.3 Å². The molecular weight excluding hydrogens is 238 g/mol. The van der Waals surface area contributed by atoms with Crippen LogP contribution in [0.15, 0.2) is 12.1 Å². The molecule has 1 aromatic carbocycles. The van der Waals surface area contributed by atoms with E-state index in [2.05, 4.69) is 38.2 Å². The fourth-order valence-electron chi connectivity index (χ4n) is 2.23. The van der Waals surface area contributed by atoms with Gasteiger partial charge >= 0.3 is 0 Å². The number of nitrogens with one attached hydrogen (secondary N) is 1. The third kappa shape index (κ3) is 3.72. The summed E-state index contributed by atoms with van der Waals surface area (Å²) in [5.74, 6) is 1.39. The Hall–Kier alpha value is -1.51. The average Bonchev–Trinajstić information content (AvgIpc) is 2.37. The number of rotatable bonds is 5. The quantitative estimate of drug-likeness (QED) is 0.879. The molecule has 0 fully saturated rings. The average molecular weight is 263 g/mol. The van der Waals surface area contributed by atoms with Gasteiger partial charge in [-0.25, -0.2) is 0 Å². The SMILES string of the molecule is CCC(=O)N[C@@H](C)c1cc(C(C)C)c(OC)cc1C. The first kappa shape index (κ1) is 15.5. The van der Waals surface area contributed by atoms with Gasteiger partial charge in [0.2, 0.25) is 5.91 Å². The van der Waals surface area contributed by atoms with Crippen LogP contribution in [0.3, 0.4) is 0 Å². The van der Waals surface area contributed by atoms with E-state index in [0.29, 0.717) is 12.3 Å². The molecule has 3 nitrogen and oxygen atoms in total. The Kier molecular flexibility index (Phi) is 5.40. The molecule has 0 aliphatic carbocycles. The highest BCUT2D eigenvalue weighted by molar-refractivity contribution is 5.76. The molecule has 19 heavy (non-hydrogen) atoms. The van der Waals surface area contributed by atoms with Crippen LogP contribution < -0.4 is 10.1 Å². The number of hydrogen-bond acceptors (Lipinski definition) is 2. The lowest BCUT2D eigenvalue weighted by atomic mass is 9.93. The molecule has 1 atom stereocenters. The van der Waals surface area contributed by atoms with Crippen LogP contribution in [0.5, 0.6) is 5.75 Å². The van der Waals surface area contributed by atoms with E-state index in [1.165, 1.54) is 5.56 Å². The number of methoxy groups -OCH3 is 1. The highest BCUT2D eigenvalue weighted by Gasteiger charge is 2.16. The van der Waals surface area contributed by atoms with Crippen molar-refractivity contribution in [2.75, 3.05) is 7.11 Å². The number of aryl methyl sites for hydroxylation is 1. The maximum atomic E-state index is 11.5. The molecule has 0 radical (unpaired) electrons. The second-order valence-electron chi connectivity index (χ2n) is 5.25. The van der Waals surface area contributed by atoms with Gasteiger partial charge in [-0.05, 0) is 48.6 Å². The molecule has 3 heteroatoms. The molecule has 0 saturated heterocycles. The zero-order valence-corrected chi connectivity index (χ0v) is 12.8. The van der Waals surface area contributed by atoms with Gasteiger partial charge in [-0.15, -0.1) is 0 Å². The summed E-state index contributed by atoms with van der Waals surface area (Å²) >= 11 is 0. The van der Waals surface area contributed by atoms with E-state index >= 15 is 0 Å². The summed E-state index contributed by atoms with van der Waals surface area (Å²) in [4.78, 5) is 11.5. The van der Waals surface area contributed by atoms with E-state index in [1.54, 1.807) is 7.11 Å². The highest BCUT2D eigenvalue weighted by Crippen LogP contribution is 2.31. The second kappa shape index (κ2) is 6.60. The van der Waals surface area contributed by atoms with Crippen molar-refractivity contribution in [3.8, 4) is 5.75 Å². The van der Waals surface area contributed by atoms with Gasteiger partial charge in [-0.2, -0.15) is 0 Å². The third-order valence-corrected chi connectivity index (χ3v) is 3.41. The number of carbonyl (C=O) groups is 1. The number of ether oxygens (including phenoxy) is 1. The Labute approximate surface area is 116 Å². The fraction of sp³-hybridized carbons (Fsp3) is 0.562. The maximum absolute atomic E-state index is 11.5. The molecule has 0 bridgehead atoms. The summed E-state index contributed by atoms with van der Waals surface area (Å²) in [5, 5.41) is 3.01. The van der Waals surface area contributed by atoms with Crippen molar-refractivity contribution < 1.29 is 9.53 Å². The van der Waals surface area contributed by atoms with Crippen LogP contribution in [0.1, 0.15) is 62.8 Å². The molecule has 106 valence electrons. The van der Waals surface area contributed by atoms with E-state index in [4.69, 9.17) is 4.74 Å². The zero-order valence-electron chi connectivity index (χ0n) is 12.8. The van der Waals surface area contributed by atoms with Crippen molar-refractivity contribution in [1.29, 1.82) is 0 Å². The lowest BCUT2D eigenvalue weighted by Crippen LogP contribution is -2.26. The first-order chi connectivity index (χ1) is 8.90. The van der Waals surface area contributed by atoms with Gasteiger partial charge in [-0.3, -0.25) is 4.79 Å². The Morgan fingerprint density at radius 1 is 1.26 bits per heavy atom. The minimum atomic E-state index is 0.0239. The van der Waals surface area contributed by atoms with E-state index in [1.807, 2.05) is 13.8 Å². The van der Waals surface area contributed by atoms with Crippen molar-refractivity contribution in [1.82, 2.24) is 5.32 Å². The molecule has 1 aromatic rings. The van der Waals surface area contributed by atoms with E-state index in [9.17, 15) is 4.79 Å². The summed E-state index contributed by atoms with van der Waals surface area (Å²) in [5.41, 5.74) is 3.48. The summed E-state index contributed by atoms with van der Waals surface area (Å²) in [7, 11) is 1.70. The van der Waals surface area contributed by atoms with Gasteiger partial charge in [-0.1, -0.05) is 20.8 Å². The first-order valence-electron chi connectivity index (χ1n) is 6.88. The molecule has 0 spiro atoms. The van der Waals surface area contributed by atoms with Crippen LogP contribution in [-0.4, -0.2) is 13.0 Å². The Bertz CT molecular complexity index is 452. The Balaban J connectivity index is 3.13. The van der Waals surface area contributed by atoms with E-state index in [0.717, 1.165) is 16.9 Å². The van der Waals surface area contributed by atoms with Crippen LogP contribution in [0, 0.1) is 6.92 Å². The normalized spacial score (nSPS) is 12.4. The van der Waals surface area contributed by atoms with E-state index < -0.39 is 0 Å². The van der Waals surface area contributed by atoms with Crippen LogP contribution >= 0.6 is 0 Å². The summed E-state index contributed by atoms with van der Waals surface area (Å²) in [6.45, 7) is 10.2. The first-order valence-corrected chi connectivity index (χ1v) is 6.88. The van der Waals surface area contributed by atoms with Crippen LogP contribution in [0.2, 0.25) is 0 Å². The fourth-order valence-corrected chi connectivity index (χ4v) is 2.23. The molecular formula is C16H25NO2. The van der Waals surface area contributed by atoms with Crippen LogP contribution in [0.4, 0.5) is 0 Å². The Morgan fingerprint density at radius 2 is 1.89 bits per heavy atom. The molecule has 1 N–H and O–H groups in total. The predicted molar refractivity (Wildman–Crippen MR) is 78.7 cm³/mol. The molecule has 0 aliphatic rings. The minimum Gasteiger partial charge on any atom is -0.496 e. The van der Waals surface area contributed by atoms with Crippen molar-refractivity contribution in [3.63, 3.8) is 0 Å². The monoisotopic (exact) mass is 263 g/mol. The van der Waals surface area contributed by atoms with Crippen molar-refractivity contribution in [3.05, 3.63) is 28.8 Å². The predicted octanol–water partition coefficient (Wildman–Crippen LogP) is 3.71. The third-order valence-electron chi connectivity index (χ3n) is 3.41. The van der Waals surface area contributed by atoms with Gasteiger partial charge in [0.25, 0.3) is 0 Å². The minimum absolute atomic E-state index is 0.0239. The van der Waals surface area contributed by atoms with Crippen molar-refractivity contribution in [2.45, 2.75) is 53.0 Å². The van der Waals surface area contributed by atoms with Crippen LogP contribution in [0.25, 0.3) is 0 Å². The van der Waals surface area contributed by atoms with Gasteiger partial charge in [0.15, 0.2) is 0 Å². The zero-order chi connectivity index (χ0) is 14.6. The van der Waals surface area contributed by atoms with Gasteiger partial charge in [0.05, 0.1) is 13.2 Å². The Morgan fingerprint density at radius 3 is 2.37 bits per heavy atom. The molecule has 0 aromatic heterocycles. The van der Waals surface area contributed by atoms with Crippen LogP contribution in [-0.2, 0) is 4.79 Å². The summed E-state index contributed by atoms with van der Waals surface area (Å²) in [6, 6.07) is 4.23. The molecule has 0 unspecified atom stereocenters. The van der Waals surface area contributed by atoms with Gasteiger partial charge in [0, 0.05) is 6.42 Å². The standard InChI is InChI=1S/C16H25NO2/c1-7-16(18)17-12(5)14-9-13(10(2)3)15(19-6)8-11(14)4/h8-10,12H,7H2,1-6H3,(H,17,18)/t12-/m0/s1. The van der Waals surface area contributed by atoms with E-state index in [-0.39, 0.29) is 11.9 Å². The lowest BCUT2D eigenvalue weighted by molar-refractivity contribution is -0.121. The number of hydrogen-bond donors (Lipinski definition) is 1. The maximum Gasteiger partial charge on any atom is 0.220 e. The number of benzene rings is 1. The van der Waals surface area contributed by atoms with Gasteiger partial charge < -0.3 is 10.1 Å². The van der Waals surface area contributed by atoms with Crippen molar-refractivity contribution in [2.24, 2.45) is 0 Å². The second-order valence-corrected chi connectivity index (χ2v) is 5.25. The molecule has 0 heterocycles. The summed E-state index contributed by atoms with van der Waals surface area (Å²) < 4.78 is 5.44. The molecule has 0 aliphatic heterocycles. The number of amides is 1. The van der Waals surface area contributed by atoms with Crippen molar-refractivity contribution >= 4 is 5.91 Å².